The second-order valence-electron chi connectivity index (χ2n) is 5.76. The molecule has 2 nitrogen and oxygen atoms in total. The van der Waals surface area contributed by atoms with E-state index in [0.717, 1.165) is 31.2 Å². The Morgan fingerprint density at radius 1 is 1.21 bits per heavy atom. The predicted molar refractivity (Wildman–Crippen MR) is 75.3 cm³/mol. The van der Waals surface area contributed by atoms with Gasteiger partial charge in [0.25, 0.3) is 0 Å². The minimum Gasteiger partial charge on any atom is -0.462 e. The fourth-order valence-electron chi connectivity index (χ4n) is 2.97. The molecule has 1 aromatic rings. The molecular formula is C16H19ClO2. The van der Waals surface area contributed by atoms with Gasteiger partial charge < -0.3 is 4.74 Å². The molecule has 0 aromatic heterocycles. The van der Waals surface area contributed by atoms with Crippen molar-refractivity contribution in [3.8, 4) is 0 Å². The highest BCUT2D eigenvalue weighted by Gasteiger charge is 2.53. The Morgan fingerprint density at radius 3 is 2.58 bits per heavy atom. The third-order valence-electron chi connectivity index (χ3n) is 4.34. The van der Waals surface area contributed by atoms with Gasteiger partial charge in [-0.1, -0.05) is 30.2 Å². The lowest BCUT2D eigenvalue weighted by atomic mass is 9.95. The van der Waals surface area contributed by atoms with Gasteiger partial charge in [0.05, 0.1) is 5.41 Å². The zero-order valence-electron chi connectivity index (χ0n) is 11.0. The average Bonchev–Trinajstić information content (AvgIpc) is 3.21. The SMILES string of the molecule is O=C(OC1CCCCC1)C1(c2cccc(Cl)c2)CC1. The van der Waals surface area contributed by atoms with Crippen LogP contribution in [0.2, 0.25) is 5.02 Å². The number of halogens is 1. The van der Waals surface area contributed by atoms with E-state index in [1.807, 2.05) is 24.3 Å². The molecule has 2 aliphatic rings. The summed E-state index contributed by atoms with van der Waals surface area (Å²) in [5, 5.41) is 0.689. The topological polar surface area (TPSA) is 26.3 Å². The molecular weight excluding hydrogens is 260 g/mol. The first-order valence-corrected chi connectivity index (χ1v) is 7.56. The maximum Gasteiger partial charge on any atom is 0.316 e. The van der Waals surface area contributed by atoms with Gasteiger partial charge in [-0.15, -0.1) is 0 Å². The smallest absolute Gasteiger partial charge is 0.316 e. The van der Waals surface area contributed by atoms with Crippen LogP contribution in [-0.2, 0) is 14.9 Å². The molecule has 102 valence electrons. The fraction of sp³-hybridized carbons (Fsp3) is 0.562. The third kappa shape index (κ3) is 2.64. The Balaban J connectivity index is 1.71. The first-order valence-electron chi connectivity index (χ1n) is 7.18. The van der Waals surface area contributed by atoms with E-state index in [0.29, 0.717) is 5.02 Å². The van der Waals surface area contributed by atoms with Crippen LogP contribution in [0.15, 0.2) is 24.3 Å². The van der Waals surface area contributed by atoms with Crippen LogP contribution in [0.25, 0.3) is 0 Å². The van der Waals surface area contributed by atoms with Crippen LogP contribution in [0.1, 0.15) is 50.5 Å². The average molecular weight is 279 g/mol. The molecule has 0 unspecified atom stereocenters. The Bertz CT molecular complexity index is 473. The minimum absolute atomic E-state index is 0.0401. The molecule has 0 radical (unpaired) electrons. The van der Waals surface area contributed by atoms with Crippen LogP contribution >= 0.6 is 11.6 Å². The van der Waals surface area contributed by atoms with Crippen molar-refractivity contribution < 1.29 is 9.53 Å². The highest BCUT2D eigenvalue weighted by atomic mass is 35.5. The molecule has 0 spiro atoms. The molecule has 0 heterocycles. The van der Waals surface area contributed by atoms with Crippen molar-refractivity contribution in [1.82, 2.24) is 0 Å². The van der Waals surface area contributed by atoms with Crippen LogP contribution in [0, 0.1) is 0 Å². The standard InChI is InChI=1S/C16H19ClO2/c17-13-6-4-5-12(11-13)16(9-10-16)15(18)19-14-7-2-1-3-8-14/h4-6,11,14H,1-3,7-10H2. The van der Waals surface area contributed by atoms with Crippen molar-refractivity contribution in [3.63, 3.8) is 0 Å². The molecule has 2 saturated carbocycles. The quantitative estimate of drug-likeness (QED) is 0.773. The van der Waals surface area contributed by atoms with E-state index < -0.39 is 5.41 Å². The number of carbonyl (C=O) groups is 1. The van der Waals surface area contributed by atoms with E-state index in [1.54, 1.807) is 0 Å². The summed E-state index contributed by atoms with van der Waals surface area (Å²) in [4.78, 5) is 12.4. The predicted octanol–water partition coefficient (Wildman–Crippen LogP) is 4.25. The second-order valence-corrected chi connectivity index (χ2v) is 6.19. The van der Waals surface area contributed by atoms with Crippen molar-refractivity contribution in [1.29, 1.82) is 0 Å². The van der Waals surface area contributed by atoms with Gasteiger partial charge in [-0.05, 0) is 56.2 Å². The summed E-state index contributed by atoms with van der Waals surface area (Å²) in [5.74, 6) is -0.0401. The molecule has 1 aromatic carbocycles. The van der Waals surface area contributed by atoms with Crippen molar-refractivity contribution in [3.05, 3.63) is 34.9 Å². The molecule has 0 atom stereocenters. The molecule has 2 aliphatic carbocycles. The molecule has 0 N–H and O–H groups in total. The van der Waals surface area contributed by atoms with E-state index in [-0.39, 0.29) is 12.1 Å². The van der Waals surface area contributed by atoms with Crippen LogP contribution in [-0.4, -0.2) is 12.1 Å². The number of rotatable bonds is 3. The fourth-order valence-corrected chi connectivity index (χ4v) is 3.16. The highest BCUT2D eigenvalue weighted by Crippen LogP contribution is 2.50. The van der Waals surface area contributed by atoms with Gasteiger partial charge in [0.1, 0.15) is 6.10 Å². The van der Waals surface area contributed by atoms with Crippen LogP contribution < -0.4 is 0 Å². The molecule has 0 aliphatic heterocycles. The van der Waals surface area contributed by atoms with E-state index in [9.17, 15) is 4.79 Å². The van der Waals surface area contributed by atoms with Gasteiger partial charge in [0.2, 0.25) is 0 Å². The maximum atomic E-state index is 12.4. The van der Waals surface area contributed by atoms with Crippen LogP contribution in [0.3, 0.4) is 0 Å². The van der Waals surface area contributed by atoms with Gasteiger partial charge in [-0.25, -0.2) is 0 Å². The summed E-state index contributed by atoms with van der Waals surface area (Å²) in [6.07, 6.45) is 7.60. The van der Waals surface area contributed by atoms with Gasteiger partial charge in [-0.2, -0.15) is 0 Å². The number of carbonyl (C=O) groups excluding carboxylic acids is 1. The van der Waals surface area contributed by atoms with E-state index in [4.69, 9.17) is 16.3 Å². The van der Waals surface area contributed by atoms with Crippen molar-refractivity contribution in [2.24, 2.45) is 0 Å². The monoisotopic (exact) mass is 278 g/mol. The van der Waals surface area contributed by atoms with E-state index >= 15 is 0 Å². The summed E-state index contributed by atoms with van der Waals surface area (Å²) in [5.41, 5.74) is 0.614. The lowest BCUT2D eigenvalue weighted by Gasteiger charge is -2.24. The zero-order valence-corrected chi connectivity index (χ0v) is 11.8. The zero-order chi connectivity index (χ0) is 13.3. The summed E-state index contributed by atoms with van der Waals surface area (Å²) in [6.45, 7) is 0. The molecule has 3 rings (SSSR count). The number of ether oxygens (including phenoxy) is 1. The summed E-state index contributed by atoms with van der Waals surface area (Å²) in [7, 11) is 0. The maximum absolute atomic E-state index is 12.4. The van der Waals surface area contributed by atoms with Gasteiger partial charge in [0, 0.05) is 5.02 Å². The minimum atomic E-state index is -0.400. The molecule has 2 fully saturated rings. The Hall–Kier alpha value is -1.02. The normalized spacial score (nSPS) is 21.9. The molecule has 0 amide bonds. The van der Waals surface area contributed by atoms with Crippen molar-refractivity contribution in [2.75, 3.05) is 0 Å². The number of hydrogen-bond donors (Lipinski definition) is 0. The number of esters is 1. The Kier molecular flexibility index (Phi) is 3.53. The van der Waals surface area contributed by atoms with Gasteiger partial charge >= 0.3 is 5.97 Å². The lowest BCUT2D eigenvalue weighted by Crippen LogP contribution is -2.29. The first-order chi connectivity index (χ1) is 9.21. The third-order valence-corrected chi connectivity index (χ3v) is 4.58. The number of benzene rings is 1. The Labute approximate surface area is 119 Å². The number of hydrogen-bond acceptors (Lipinski definition) is 2. The van der Waals surface area contributed by atoms with Crippen molar-refractivity contribution in [2.45, 2.75) is 56.5 Å². The summed E-state index contributed by atoms with van der Waals surface area (Å²) in [6, 6.07) is 7.64. The van der Waals surface area contributed by atoms with E-state index in [1.165, 1.54) is 19.3 Å². The van der Waals surface area contributed by atoms with Gasteiger partial charge in [0.15, 0.2) is 0 Å². The lowest BCUT2D eigenvalue weighted by molar-refractivity contribution is -0.153. The molecule has 3 heteroatoms. The largest absolute Gasteiger partial charge is 0.462 e. The van der Waals surface area contributed by atoms with Crippen molar-refractivity contribution >= 4 is 17.6 Å². The summed E-state index contributed by atoms with van der Waals surface area (Å²) < 4.78 is 5.73. The van der Waals surface area contributed by atoms with E-state index in [2.05, 4.69) is 0 Å². The first kappa shape index (κ1) is 13.0. The molecule has 0 bridgehead atoms. The van der Waals surface area contributed by atoms with Crippen LogP contribution in [0.5, 0.6) is 0 Å². The molecule has 0 saturated heterocycles. The van der Waals surface area contributed by atoms with Gasteiger partial charge in [-0.3, -0.25) is 4.79 Å². The molecule has 19 heavy (non-hydrogen) atoms. The second kappa shape index (κ2) is 5.16. The van der Waals surface area contributed by atoms with Crippen LogP contribution in [0.4, 0.5) is 0 Å². The highest BCUT2D eigenvalue weighted by molar-refractivity contribution is 6.30. The Morgan fingerprint density at radius 2 is 1.95 bits per heavy atom. The summed E-state index contributed by atoms with van der Waals surface area (Å²) >= 11 is 6.02.